The number of hydrogen-bond acceptors (Lipinski definition) is 3. The van der Waals surface area contributed by atoms with Crippen molar-refractivity contribution < 1.29 is 4.79 Å². The molecule has 1 aromatic heterocycles. The van der Waals surface area contributed by atoms with Crippen LogP contribution in [0, 0.1) is 6.92 Å². The summed E-state index contributed by atoms with van der Waals surface area (Å²) in [6.07, 6.45) is 3.45. The zero-order valence-electron chi connectivity index (χ0n) is 13.7. The fourth-order valence-electron chi connectivity index (χ4n) is 2.95. The number of nitrogens with one attached hydrogen (secondary N) is 1. The minimum absolute atomic E-state index is 0.232. The SMILES string of the molecule is Cc1ncccc1CNC(C)c1ccc(N2CCCC2=O)cc1. The van der Waals surface area contributed by atoms with Crippen LogP contribution >= 0.6 is 0 Å². The van der Waals surface area contributed by atoms with Gasteiger partial charge in [-0.25, -0.2) is 0 Å². The lowest BCUT2D eigenvalue weighted by Gasteiger charge is -2.18. The Hall–Kier alpha value is -2.20. The molecule has 4 nitrogen and oxygen atoms in total. The molecule has 120 valence electrons. The fraction of sp³-hybridized carbons (Fsp3) is 0.368. The van der Waals surface area contributed by atoms with Gasteiger partial charge < -0.3 is 10.2 Å². The van der Waals surface area contributed by atoms with Crippen LogP contribution in [-0.2, 0) is 11.3 Å². The minimum Gasteiger partial charge on any atom is -0.312 e. The van der Waals surface area contributed by atoms with Gasteiger partial charge in [0.25, 0.3) is 0 Å². The van der Waals surface area contributed by atoms with Crippen molar-refractivity contribution in [2.45, 2.75) is 39.3 Å². The van der Waals surface area contributed by atoms with Crippen LogP contribution in [0.15, 0.2) is 42.6 Å². The summed E-state index contributed by atoms with van der Waals surface area (Å²) in [4.78, 5) is 18.0. The Morgan fingerprint density at radius 2 is 2.04 bits per heavy atom. The molecule has 1 aliphatic heterocycles. The number of aromatic nitrogens is 1. The number of benzene rings is 1. The Kier molecular flexibility index (Phi) is 4.72. The van der Waals surface area contributed by atoms with Crippen molar-refractivity contribution >= 4 is 11.6 Å². The highest BCUT2D eigenvalue weighted by molar-refractivity contribution is 5.95. The number of anilines is 1. The van der Waals surface area contributed by atoms with Crippen LogP contribution in [0.4, 0.5) is 5.69 Å². The Morgan fingerprint density at radius 1 is 1.26 bits per heavy atom. The number of pyridine rings is 1. The number of carbonyl (C=O) groups excluding carboxylic acids is 1. The largest absolute Gasteiger partial charge is 0.312 e. The van der Waals surface area contributed by atoms with Gasteiger partial charge in [-0.15, -0.1) is 0 Å². The van der Waals surface area contributed by atoms with Crippen LogP contribution in [-0.4, -0.2) is 17.4 Å². The molecule has 0 bridgehead atoms. The lowest BCUT2D eigenvalue weighted by molar-refractivity contribution is -0.117. The first kappa shape index (κ1) is 15.7. The van der Waals surface area contributed by atoms with Gasteiger partial charge in [0, 0.05) is 43.1 Å². The second-order valence-electron chi connectivity index (χ2n) is 6.09. The molecule has 2 heterocycles. The second-order valence-corrected chi connectivity index (χ2v) is 6.09. The molecule has 1 aliphatic rings. The van der Waals surface area contributed by atoms with Gasteiger partial charge in [0.15, 0.2) is 0 Å². The van der Waals surface area contributed by atoms with Gasteiger partial charge >= 0.3 is 0 Å². The summed E-state index contributed by atoms with van der Waals surface area (Å²) in [6, 6.07) is 12.6. The maximum atomic E-state index is 11.8. The fourth-order valence-corrected chi connectivity index (χ4v) is 2.95. The van der Waals surface area contributed by atoms with Gasteiger partial charge in [-0.1, -0.05) is 18.2 Å². The van der Waals surface area contributed by atoms with Gasteiger partial charge in [-0.05, 0) is 49.6 Å². The minimum atomic E-state index is 0.232. The van der Waals surface area contributed by atoms with Crippen LogP contribution in [0.3, 0.4) is 0 Å². The Labute approximate surface area is 137 Å². The summed E-state index contributed by atoms with van der Waals surface area (Å²) >= 11 is 0. The molecule has 2 aromatic rings. The maximum Gasteiger partial charge on any atom is 0.227 e. The second kappa shape index (κ2) is 6.92. The molecule has 0 spiro atoms. The first-order chi connectivity index (χ1) is 11.1. The number of nitrogens with zero attached hydrogens (tertiary/aromatic N) is 2. The van der Waals surface area contributed by atoms with Crippen LogP contribution in [0.2, 0.25) is 0 Å². The van der Waals surface area contributed by atoms with Gasteiger partial charge in [0.1, 0.15) is 0 Å². The quantitative estimate of drug-likeness (QED) is 0.921. The van der Waals surface area contributed by atoms with Crippen molar-refractivity contribution in [3.63, 3.8) is 0 Å². The average molecular weight is 309 g/mol. The first-order valence-electron chi connectivity index (χ1n) is 8.19. The van der Waals surface area contributed by atoms with Crippen molar-refractivity contribution in [3.8, 4) is 0 Å². The number of aryl methyl sites for hydroxylation is 1. The predicted octanol–water partition coefficient (Wildman–Crippen LogP) is 3.37. The number of hydrogen-bond donors (Lipinski definition) is 1. The number of rotatable bonds is 5. The summed E-state index contributed by atoms with van der Waals surface area (Å²) in [7, 11) is 0. The van der Waals surface area contributed by atoms with Crippen molar-refractivity contribution in [1.29, 1.82) is 0 Å². The van der Waals surface area contributed by atoms with Gasteiger partial charge in [-0.2, -0.15) is 0 Å². The van der Waals surface area contributed by atoms with E-state index in [0.717, 1.165) is 30.9 Å². The molecule has 1 amide bonds. The first-order valence-corrected chi connectivity index (χ1v) is 8.19. The molecule has 0 radical (unpaired) electrons. The third-order valence-corrected chi connectivity index (χ3v) is 4.49. The third-order valence-electron chi connectivity index (χ3n) is 4.49. The maximum absolute atomic E-state index is 11.8. The van der Waals surface area contributed by atoms with Gasteiger partial charge in [-0.3, -0.25) is 9.78 Å². The lowest BCUT2D eigenvalue weighted by Crippen LogP contribution is -2.23. The standard InChI is InChI=1S/C19H23N3O/c1-14(21-13-17-5-3-11-20-15(17)2)16-7-9-18(10-8-16)22-12-4-6-19(22)23/h3,5,7-11,14,21H,4,6,12-13H2,1-2H3. The normalized spacial score (nSPS) is 15.9. The summed E-state index contributed by atoms with van der Waals surface area (Å²) < 4.78 is 0. The predicted molar refractivity (Wildman–Crippen MR) is 92.3 cm³/mol. The van der Waals surface area contributed by atoms with E-state index >= 15 is 0 Å². The van der Waals surface area contributed by atoms with Crippen molar-refractivity contribution in [2.24, 2.45) is 0 Å². The van der Waals surface area contributed by atoms with E-state index in [1.807, 2.05) is 36.2 Å². The van der Waals surface area contributed by atoms with E-state index in [2.05, 4.69) is 35.4 Å². The molecule has 0 saturated carbocycles. The molecule has 1 saturated heterocycles. The summed E-state index contributed by atoms with van der Waals surface area (Å²) in [5.41, 5.74) is 4.52. The third kappa shape index (κ3) is 3.59. The Balaban J connectivity index is 1.62. The van der Waals surface area contributed by atoms with Crippen LogP contribution in [0.1, 0.15) is 42.6 Å². The Bertz CT molecular complexity index is 681. The molecule has 4 heteroatoms. The molecule has 23 heavy (non-hydrogen) atoms. The van der Waals surface area contributed by atoms with Crippen LogP contribution in [0.5, 0.6) is 0 Å². The summed E-state index contributed by atoms with van der Waals surface area (Å²) in [5.74, 6) is 0.232. The summed E-state index contributed by atoms with van der Waals surface area (Å²) in [5, 5.41) is 3.53. The molecular weight excluding hydrogens is 286 g/mol. The molecule has 1 aromatic carbocycles. The van der Waals surface area contributed by atoms with E-state index < -0.39 is 0 Å². The van der Waals surface area contributed by atoms with E-state index in [1.165, 1.54) is 11.1 Å². The number of amides is 1. The molecule has 0 aliphatic carbocycles. The monoisotopic (exact) mass is 309 g/mol. The highest BCUT2D eigenvalue weighted by atomic mass is 16.2. The van der Waals surface area contributed by atoms with E-state index in [-0.39, 0.29) is 11.9 Å². The molecule has 1 atom stereocenters. The lowest BCUT2D eigenvalue weighted by atomic mass is 10.1. The smallest absolute Gasteiger partial charge is 0.227 e. The van der Waals surface area contributed by atoms with Crippen molar-refractivity contribution in [2.75, 3.05) is 11.4 Å². The molecule has 3 rings (SSSR count). The van der Waals surface area contributed by atoms with Crippen molar-refractivity contribution in [3.05, 3.63) is 59.4 Å². The highest BCUT2D eigenvalue weighted by Gasteiger charge is 2.21. The summed E-state index contributed by atoms with van der Waals surface area (Å²) in [6.45, 7) is 5.82. The molecule has 1 unspecified atom stereocenters. The van der Waals surface area contributed by atoms with E-state index in [4.69, 9.17) is 0 Å². The zero-order chi connectivity index (χ0) is 16.2. The van der Waals surface area contributed by atoms with Gasteiger partial charge in [0.2, 0.25) is 5.91 Å². The molecule has 1 fully saturated rings. The highest BCUT2D eigenvalue weighted by Crippen LogP contribution is 2.23. The zero-order valence-corrected chi connectivity index (χ0v) is 13.7. The van der Waals surface area contributed by atoms with E-state index in [9.17, 15) is 4.79 Å². The van der Waals surface area contributed by atoms with Crippen LogP contribution < -0.4 is 10.2 Å². The van der Waals surface area contributed by atoms with Crippen LogP contribution in [0.25, 0.3) is 0 Å². The average Bonchev–Trinajstić information content (AvgIpc) is 3.00. The van der Waals surface area contributed by atoms with Crippen molar-refractivity contribution in [1.82, 2.24) is 10.3 Å². The Morgan fingerprint density at radius 3 is 2.70 bits per heavy atom. The van der Waals surface area contributed by atoms with E-state index in [0.29, 0.717) is 6.42 Å². The van der Waals surface area contributed by atoms with E-state index in [1.54, 1.807) is 0 Å². The molecular formula is C19H23N3O. The molecule has 1 N–H and O–H groups in total. The van der Waals surface area contributed by atoms with Gasteiger partial charge in [0.05, 0.1) is 0 Å². The number of carbonyl (C=O) groups is 1. The topological polar surface area (TPSA) is 45.2 Å².